The van der Waals surface area contributed by atoms with Crippen LogP contribution in [0.2, 0.25) is 0 Å². The third-order valence-electron chi connectivity index (χ3n) is 2.61. The Morgan fingerprint density at radius 2 is 2.12 bits per heavy atom. The molecule has 0 aliphatic rings. The van der Waals surface area contributed by atoms with Crippen LogP contribution < -0.4 is 5.73 Å². The van der Waals surface area contributed by atoms with E-state index in [1.165, 1.54) is 4.31 Å². The predicted octanol–water partition coefficient (Wildman–Crippen LogP) is 0.499. The third-order valence-corrected chi connectivity index (χ3v) is 4.81. The van der Waals surface area contributed by atoms with E-state index in [-0.39, 0.29) is 13.1 Å². The summed E-state index contributed by atoms with van der Waals surface area (Å²) in [6.07, 6.45) is 0. The zero-order chi connectivity index (χ0) is 13.1. The third kappa shape index (κ3) is 3.49. The number of aromatic nitrogens is 1. The van der Waals surface area contributed by atoms with E-state index < -0.39 is 15.3 Å². The Bertz CT molecular complexity index is 473. The van der Waals surface area contributed by atoms with Gasteiger partial charge in [0, 0.05) is 19.3 Å². The van der Waals surface area contributed by atoms with E-state index in [0.717, 1.165) is 11.4 Å². The number of hydrogen-bond acceptors (Lipinski definition) is 4. The lowest BCUT2D eigenvalue weighted by atomic mass is 10.3. The lowest BCUT2D eigenvalue weighted by Gasteiger charge is -2.20. The first-order valence-electron chi connectivity index (χ1n) is 5.45. The molecule has 6 heteroatoms. The van der Waals surface area contributed by atoms with Crippen molar-refractivity contribution in [2.45, 2.75) is 25.6 Å². The van der Waals surface area contributed by atoms with Crippen LogP contribution in [-0.4, -0.2) is 36.5 Å². The van der Waals surface area contributed by atoms with Gasteiger partial charge >= 0.3 is 0 Å². The Morgan fingerprint density at radius 3 is 2.65 bits per heavy atom. The normalized spacial score (nSPS) is 13.9. The molecule has 0 amide bonds. The van der Waals surface area contributed by atoms with E-state index in [0.29, 0.717) is 0 Å². The predicted molar refractivity (Wildman–Crippen MR) is 67.9 cm³/mol. The molecular formula is C11H19N3O2S. The second-order valence-electron chi connectivity index (χ2n) is 4.12. The SMILES string of the molecule is Cc1cccc(CN(C)S(=O)(=O)C(C)CN)n1. The van der Waals surface area contributed by atoms with E-state index in [9.17, 15) is 8.42 Å². The summed E-state index contributed by atoms with van der Waals surface area (Å²) in [7, 11) is -1.78. The highest BCUT2D eigenvalue weighted by Gasteiger charge is 2.24. The first-order chi connectivity index (χ1) is 7.87. The van der Waals surface area contributed by atoms with Crippen molar-refractivity contribution in [3.05, 3.63) is 29.6 Å². The van der Waals surface area contributed by atoms with Crippen molar-refractivity contribution in [1.82, 2.24) is 9.29 Å². The first-order valence-corrected chi connectivity index (χ1v) is 6.96. The molecular weight excluding hydrogens is 238 g/mol. The van der Waals surface area contributed by atoms with E-state index >= 15 is 0 Å². The highest BCUT2D eigenvalue weighted by Crippen LogP contribution is 2.10. The van der Waals surface area contributed by atoms with Gasteiger partial charge < -0.3 is 5.73 Å². The van der Waals surface area contributed by atoms with Crippen LogP contribution >= 0.6 is 0 Å². The number of sulfonamides is 1. The van der Waals surface area contributed by atoms with Crippen molar-refractivity contribution in [2.24, 2.45) is 5.73 Å². The molecule has 0 fully saturated rings. The summed E-state index contributed by atoms with van der Waals surface area (Å²) in [4.78, 5) is 4.27. The van der Waals surface area contributed by atoms with Gasteiger partial charge in [-0.2, -0.15) is 4.31 Å². The number of nitrogens with two attached hydrogens (primary N) is 1. The number of nitrogens with zero attached hydrogens (tertiary/aromatic N) is 2. The zero-order valence-electron chi connectivity index (χ0n) is 10.4. The van der Waals surface area contributed by atoms with Gasteiger partial charge in [-0.05, 0) is 26.0 Å². The summed E-state index contributed by atoms with van der Waals surface area (Å²) in [5, 5.41) is -0.572. The van der Waals surface area contributed by atoms with E-state index in [2.05, 4.69) is 4.98 Å². The molecule has 0 saturated carbocycles. The van der Waals surface area contributed by atoms with Crippen molar-refractivity contribution in [3.8, 4) is 0 Å². The smallest absolute Gasteiger partial charge is 0.218 e. The molecule has 0 saturated heterocycles. The van der Waals surface area contributed by atoms with Crippen LogP contribution in [0.4, 0.5) is 0 Å². The fraction of sp³-hybridized carbons (Fsp3) is 0.545. The number of aryl methyl sites for hydroxylation is 1. The average Bonchev–Trinajstić information content (AvgIpc) is 2.27. The molecule has 0 aliphatic carbocycles. The molecule has 0 radical (unpaired) electrons. The van der Waals surface area contributed by atoms with Crippen molar-refractivity contribution >= 4 is 10.0 Å². The summed E-state index contributed by atoms with van der Waals surface area (Å²) in [6, 6.07) is 5.55. The molecule has 17 heavy (non-hydrogen) atoms. The molecule has 1 aromatic rings. The summed E-state index contributed by atoms with van der Waals surface area (Å²) in [5.74, 6) is 0. The average molecular weight is 257 g/mol. The van der Waals surface area contributed by atoms with Crippen molar-refractivity contribution in [3.63, 3.8) is 0 Å². The van der Waals surface area contributed by atoms with Crippen LogP contribution in [0.25, 0.3) is 0 Å². The van der Waals surface area contributed by atoms with Crippen LogP contribution in [0, 0.1) is 6.92 Å². The molecule has 2 N–H and O–H groups in total. The second kappa shape index (κ2) is 5.57. The van der Waals surface area contributed by atoms with Crippen LogP contribution in [0.15, 0.2) is 18.2 Å². The largest absolute Gasteiger partial charge is 0.329 e. The fourth-order valence-electron chi connectivity index (χ4n) is 1.43. The number of rotatable bonds is 5. The van der Waals surface area contributed by atoms with Gasteiger partial charge in [0.2, 0.25) is 10.0 Å². The Labute approximate surface area is 103 Å². The minimum Gasteiger partial charge on any atom is -0.329 e. The van der Waals surface area contributed by atoms with E-state index in [1.807, 2.05) is 25.1 Å². The van der Waals surface area contributed by atoms with Gasteiger partial charge in [-0.15, -0.1) is 0 Å². The van der Waals surface area contributed by atoms with Crippen LogP contribution in [0.5, 0.6) is 0 Å². The minimum absolute atomic E-state index is 0.119. The number of hydrogen-bond donors (Lipinski definition) is 1. The van der Waals surface area contributed by atoms with Crippen LogP contribution in [0.1, 0.15) is 18.3 Å². The molecule has 1 atom stereocenters. The molecule has 1 heterocycles. The maximum Gasteiger partial charge on any atom is 0.218 e. The standard InChI is InChI=1S/C11H19N3O2S/c1-9-5-4-6-11(13-9)8-14(3)17(15,16)10(2)7-12/h4-6,10H,7-8,12H2,1-3H3. The van der Waals surface area contributed by atoms with Crippen molar-refractivity contribution < 1.29 is 8.42 Å². The second-order valence-corrected chi connectivity index (χ2v) is 6.58. The quantitative estimate of drug-likeness (QED) is 0.833. The Hall–Kier alpha value is -0.980. The van der Waals surface area contributed by atoms with E-state index in [1.54, 1.807) is 14.0 Å². The summed E-state index contributed by atoms with van der Waals surface area (Å²) >= 11 is 0. The molecule has 1 aromatic heterocycles. The monoisotopic (exact) mass is 257 g/mol. The number of pyridine rings is 1. The van der Waals surface area contributed by atoms with Gasteiger partial charge in [0.25, 0.3) is 0 Å². The Morgan fingerprint density at radius 1 is 1.47 bits per heavy atom. The van der Waals surface area contributed by atoms with E-state index in [4.69, 9.17) is 5.73 Å². The van der Waals surface area contributed by atoms with Gasteiger partial charge in [-0.25, -0.2) is 8.42 Å². The highest BCUT2D eigenvalue weighted by molar-refractivity contribution is 7.89. The van der Waals surface area contributed by atoms with Crippen molar-refractivity contribution in [1.29, 1.82) is 0 Å². The first kappa shape index (κ1) is 14.1. The molecule has 96 valence electrons. The summed E-state index contributed by atoms with van der Waals surface area (Å²) in [6.45, 7) is 3.87. The molecule has 0 spiro atoms. The molecule has 1 unspecified atom stereocenters. The Kier molecular flexibility index (Phi) is 4.62. The molecule has 5 nitrogen and oxygen atoms in total. The van der Waals surface area contributed by atoms with Crippen LogP contribution in [-0.2, 0) is 16.6 Å². The lowest BCUT2D eigenvalue weighted by Crippen LogP contribution is -2.38. The van der Waals surface area contributed by atoms with Gasteiger partial charge in [-0.3, -0.25) is 4.98 Å². The van der Waals surface area contributed by atoms with Gasteiger partial charge in [0.05, 0.1) is 17.5 Å². The minimum atomic E-state index is -3.33. The fourth-order valence-corrected chi connectivity index (χ4v) is 2.60. The topological polar surface area (TPSA) is 76.3 Å². The summed E-state index contributed by atoms with van der Waals surface area (Å²) < 4.78 is 25.2. The molecule has 0 aromatic carbocycles. The molecule has 0 aliphatic heterocycles. The van der Waals surface area contributed by atoms with Gasteiger partial charge in [0.1, 0.15) is 0 Å². The maximum atomic E-state index is 12.0. The van der Waals surface area contributed by atoms with Gasteiger partial charge in [0.15, 0.2) is 0 Å². The molecule has 1 rings (SSSR count). The molecule has 0 bridgehead atoms. The Balaban J connectivity index is 2.83. The summed E-state index contributed by atoms with van der Waals surface area (Å²) in [5.41, 5.74) is 7.00. The maximum absolute atomic E-state index is 12.0. The van der Waals surface area contributed by atoms with Crippen LogP contribution in [0.3, 0.4) is 0 Å². The van der Waals surface area contributed by atoms with Gasteiger partial charge in [-0.1, -0.05) is 6.07 Å². The highest BCUT2D eigenvalue weighted by atomic mass is 32.2. The lowest BCUT2D eigenvalue weighted by molar-refractivity contribution is 0.453. The zero-order valence-corrected chi connectivity index (χ0v) is 11.2. The van der Waals surface area contributed by atoms with Crippen molar-refractivity contribution in [2.75, 3.05) is 13.6 Å².